The molecule has 2 aromatic carbocycles. The van der Waals surface area contributed by atoms with Gasteiger partial charge >= 0.3 is 5.97 Å². The summed E-state index contributed by atoms with van der Waals surface area (Å²) >= 11 is 5.93. The number of fused-ring (bicyclic) bond motifs is 1. The van der Waals surface area contributed by atoms with Gasteiger partial charge in [-0.3, -0.25) is 4.79 Å². The highest BCUT2D eigenvalue weighted by atomic mass is 35.5. The number of hydrogen-bond donors (Lipinski definition) is 0. The quantitative estimate of drug-likeness (QED) is 0.774. The van der Waals surface area contributed by atoms with Crippen molar-refractivity contribution in [3.05, 3.63) is 58.6 Å². The number of carbonyl (C=O) groups is 1. The topological polar surface area (TPSA) is 26.3 Å². The summed E-state index contributed by atoms with van der Waals surface area (Å²) in [5.74, 6) is -0.0914. The van der Waals surface area contributed by atoms with Gasteiger partial charge in [0, 0.05) is 5.02 Å². The second-order valence-electron chi connectivity index (χ2n) is 5.45. The summed E-state index contributed by atoms with van der Waals surface area (Å²) in [7, 11) is 1.46. The van der Waals surface area contributed by atoms with Crippen molar-refractivity contribution in [1.82, 2.24) is 0 Å². The maximum absolute atomic E-state index is 11.7. The van der Waals surface area contributed by atoms with Gasteiger partial charge < -0.3 is 4.74 Å². The molecule has 2 aromatic rings. The molecule has 1 aliphatic rings. The van der Waals surface area contributed by atoms with E-state index in [4.69, 9.17) is 16.3 Å². The predicted octanol–water partition coefficient (Wildman–Crippen LogP) is 4.28. The van der Waals surface area contributed by atoms with Crippen molar-refractivity contribution >= 4 is 17.6 Å². The van der Waals surface area contributed by atoms with Crippen LogP contribution >= 0.6 is 11.6 Å². The zero-order valence-corrected chi connectivity index (χ0v) is 12.7. The van der Waals surface area contributed by atoms with E-state index < -0.39 is 0 Å². The number of ether oxygens (including phenoxy) is 1. The summed E-state index contributed by atoms with van der Waals surface area (Å²) < 4.78 is 4.86. The van der Waals surface area contributed by atoms with Crippen LogP contribution in [0.2, 0.25) is 5.02 Å². The normalized spacial score (nSPS) is 17.1. The number of carbonyl (C=O) groups excluding carboxylic acids is 1. The van der Waals surface area contributed by atoms with Crippen LogP contribution in [0.4, 0.5) is 0 Å². The summed E-state index contributed by atoms with van der Waals surface area (Å²) in [5.41, 5.74) is 4.95. The predicted molar refractivity (Wildman–Crippen MR) is 84.4 cm³/mol. The minimum absolute atomic E-state index is 0.00359. The molecular weight excluding hydrogens is 284 g/mol. The second kappa shape index (κ2) is 5.90. The Kier molecular flexibility index (Phi) is 3.98. The number of esters is 1. The van der Waals surface area contributed by atoms with Crippen molar-refractivity contribution in [2.75, 3.05) is 7.11 Å². The first-order valence-corrected chi connectivity index (χ1v) is 7.51. The minimum atomic E-state index is -0.0950. The van der Waals surface area contributed by atoms with Gasteiger partial charge in [-0.25, -0.2) is 0 Å². The largest absolute Gasteiger partial charge is 0.469 e. The summed E-state index contributed by atoms with van der Waals surface area (Å²) in [4.78, 5) is 11.7. The van der Waals surface area contributed by atoms with E-state index in [1.54, 1.807) is 0 Å². The van der Waals surface area contributed by atoms with E-state index in [-0.39, 0.29) is 11.9 Å². The molecule has 0 saturated heterocycles. The molecule has 0 fully saturated rings. The van der Waals surface area contributed by atoms with Gasteiger partial charge in [0.1, 0.15) is 0 Å². The number of methoxy groups -OCH3 is 1. The van der Waals surface area contributed by atoms with Crippen molar-refractivity contribution in [3.63, 3.8) is 0 Å². The van der Waals surface area contributed by atoms with Crippen LogP contribution < -0.4 is 0 Å². The molecule has 3 heteroatoms. The molecule has 0 spiro atoms. The molecule has 0 radical (unpaired) electrons. The van der Waals surface area contributed by atoms with Crippen LogP contribution in [0.15, 0.2) is 42.5 Å². The lowest BCUT2D eigenvalue weighted by Crippen LogP contribution is -2.23. The van der Waals surface area contributed by atoms with Gasteiger partial charge in [0.15, 0.2) is 0 Å². The van der Waals surface area contributed by atoms with Crippen LogP contribution in [0, 0.1) is 5.92 Å². The fourth-order valence-corrected chi connectivity index (χ4v) is 3.07. The molecule has 3 rings (SSSR count). The number of aryl methyl sites for hydroxylation is 1. The monoisotopic (exact) mass is 300 g/mol. The van der Waals surface area contributed by atoms with Crippen LogP contribution in [0.5, 0.6) is 0 Å². The lowest BCUT2D eigenvalue weighted by Gasteiger charge is -2.23. The summed E-state index contributed by atoms with van der Waals surface area (Å²) in [5, 5.41) is 0.748. The molecule has 0 amide bonds. The first kappa shape index (κ1) is 14.2. The Hall–Kier alpha value is -1.80. The Balaban J connectivity index is 1.86. The number of rotatable bonds is 2. The highest BCUT2D eigenvalue weighted by Crippen LogP contribution is 2.30. The third kappa shape index (κ3) is 2.96. The minimum Gasteiger partial charge on any atom is -0.469 e. The van der Waals surface area contributed by atoms with E-state index in [0.29, 0.717) is 0 Å². The Morgan fingerprint density at radius 2 is 1.81 bits per heavy atom. The molecule has 0 saturated carbocycles. The van der Waals surface area contributed by atoms with E-state index >= 15 is 0 Å². The average Bonchev–Trinajstić information content (AvgIpc) is 2.54. The Labute approximate surface area is 129 Å². The number of benzene rings is 2. The van der Waals surface area contributed by atoms with Crippen molar-refractivity contribution in [2.45, 2.75) is 19.3 Å². The fraction of sp³-hybridized carbons (Fsp3) is 0.278. The van der Waals surface area contributed by atoms with Crippen LogP contribution in [-0.2, 0) is 22.4 Å². The molecule has 108 valence electrons. The standard InChI is InChI=1S/C18H17ClO2/c1-21-18(20)16-5-4-14-10-13(2-3-15(14)11-16)12-6-8-17(19)9-7-12/h2-3,6-10,16H,4-5,11H2,1H3. The second-order valence-corrected chi connectivity index (χ2v) is 5.89. The number of halogens is 1. The van der Waals surface area contributed by atoms with Crippen molar-refractivity contribution < 1.29 is 9.53 Å². The molecule has 0 aromatic heterocycles. The molecule has 0 N–H and O–H groups in total. The Bertz CT molecular complexity index is 661. The molecule has 1 unspecified atom stereocenters. The molecular formula is C18H17ClO2. The maximum Gasteiger partial charge on any atom is 0.309 e. The highest BCUT2D eigenvalue weighted by Gasteiger charge is 2.25. The van der Waals surface area contributed by atoms with Crippen LogP contribution in [0.25, 0.3) is 11.1 Å². The van der Waals surface area contributed by atoms with Gasteiger partial charge in [-0.2, -0.15) is 0 Å². The van der Waals surface area contributed by atoms with Gasteiger partial charge in [-0.05, 0) is 53.6 Å². The van der Waals surface area contributed by atoms with Gasteiger partial charge in [0.2, 0.25) is 0 Å². The van der Waals surface area contributed by atoms with E-state index in [0.717, 1.165) is 29.8 Å². The zero-order valence-electron chi connectivity index (χ0n) is 11.9. The molecule has 0 aliphatic heterocycles. The molecule has 0 bridgehead atoms. The SMILES string of the molecule is COC(=O)C1CCc2cc(-c3ccc(Cl)cc3)ccc2C1. The molecule has 0 heterocycles. The van der Waals surface area contributed by atoms with E-state index in [1.165, 1.54) is 23.8 Å². The molecule has 21 heavy (non-hydrogen) atoms. The molecule has 1 aliphatic carbocycles. The van der Waals surface area contributed by atoms with Crippen molar-refractivity contribution in [1.29, 1.82) is 0 Å². The Morgan fingerprint density at radius 1 is 1.10 bits per heavy atom. The molecule has 2 nitrogen and oxygen atoms in total. The van der Waals surface area contributed by atoms with Crippen LogP contribution in [-0.4, -0.2) is 13.1 Å². The Morgan fingerprint density at radius 3 is 2.52 bits per heavy atom. The first-order valence-electron chi connectivity index (χ1n) is 7.13. The summed E-state index contributed by atoms with van der Waals surface area (Å²) in [6.45, 7) is 0. The van der Waals surface area contributed by atoms with E-state index in [2.05, 4.69) is 18.2 Å². The van der Waals surface area contributed by atoms with Gasteiger partial charge in [0.25, 0.3) is 0 Å². The third-order valence-corrected chi connectivity index (χ3v) is 4.40. The number of hydrogen-bond acceptors (Lipinski definition) is 2. The lowest BCUT2D eigenvalue weighted by atomic mass is 9.82. The molecule has 1 atom stereocenters. The highest BCUT2D eigenvalue weighted by molar-refractivity contribution is 6.30. The summed E-state index contributed by atoms with van der Waals surface area (Å²) in [6, 6.07) is 14.4. The van der Waals surface area contributed by atoms with Crippen LogP contribution in [0.3, 0.4) is 0 Å². The third-order valence-electron chi connectivity index (χ3n) is 4.15. The van der Waals surface area contributed by atoms with E-state index in [1.807, 2.05) is 24.3 Å². The van der Waals surface area contributed by atoms with Crippen molar-refractivity contribution in [2.24, 2.45) is 5.92 Å². The fourth-order valence-electron chi connectivity index (χ4n) is 2.94. The lowest BCUT2D eigenvalue weighted by molar-refractivity contribution is -0.145. The van der Waals surface area contributed by atoms with Gasteiger partial charge in [0.05, 0.1) is 13.0 Å². The summed E-state index contributed by atoms with van der Waals surface area (Å²) in [6.07, 6.45) is 2.57. The van der Waals surface area contributed by atoms with Crippen LogP contribution in [0.1, 0.15) is 17.5 Å². The average molecular weight is 301 g/mol. The zero-order chi connectivity index (χ0) is 14.8. The van der Waals surface area contributed by atoms with E-state index in [9.17, 15) is 4.79 Å². The maximum atomic E-state index is 11.7. The van der Waals surface area contributed by atoms with Gasteiger partial charge in [-0.1, -0.05) is 41.9 Å². The smallest absolute Gasteiger partial charge is 0.309 e. The van der Waals surface area contributed by atoms with Crippen molar-refractivity contribution in [3.8, 4) is 11.1 Å². The first-order chi connectivity index (χ1) is 10.2. The van der Waals surface area contributed by atoms with Gasteiger partial charge in [-0.15, -0.1) is 0 Å².